The third-order valence-corrected chi connectivity index (χ3v) is 4.09. The van der Waals surface area contributed by atoms with Gasteiger partial charge in [-0.25, -0.2) is 0 Å². The molecule has 1 amide bonds. The van der Waals surface area contributed by atoms with Gasteiger partial charge in [0, 0.05) is 13.2 Å². The standard InChI is InChI=1S/C18H21NO3/c20-17(12-19-18(21)11-16-6-3-9-22-16)15-8-7-13-4-1-2-5-14(13)10-15/h1-2,4-5,7-8,10,16-17,20H,3,6,9,11-12H2,(H,19,21)/t16-,17+/m0/s1. The lowest BCUT2D eigenvalue weighted by Crippen LogP contribution is -2.30. The maximum absolute atomic E-state index is 11.8. The first kappa shape index (κ1) is 15.0. The molecule has 116 valence electrons. The van der Waals surface area contributed by atoms with Crippen molar-refractivity contribution in [3.8, 4) is 0 Å². The summed E-state index contributed by atoms with van der Waals surface area (Å²) in [6.07, 6.45) is 1.69. The lowest BCUT2D eigenvalue weighted by Gasteiger charge is -2.14. The van der Waals surface area contributed by atoms with E-state index in [2.05, 4.69) is 5.32 Å². The summed E-state index contributed by atoms with van der Waals surface area (Å²) in [5, 5.41) is 15.3. The summed E-state index contributed by atoms with van der Waals surface area (Å²) in [5.41, 5.74) is 0.816. The Hall–Kier alpha value is -1.91. The third kappa shape index (κ3) is 3.64. The van der Waals surface area contributed by atoms with Gasteiger partial charge in [-0.15, -0.1) is 0 Å². The zero-order valence-corrected chi connectivity index (χ0v) is 12.5. The summed E-state index contributed by atoms with van der Waals surface area (Å²) >= 11 is 0. The van der Waals surface area contributed by atoms with Crippen molar-refractivity contribution in [2.45, 2.75) is 31.5 Å². The Balaban J connectivity index is 1.55. The normalized spacial score (nSPS) is 19.2. The predicted octanol–water partition coefficient (Wildman–Crippen LogP) is 2.56. The van der Waals surface area contributed by atoms with E-state index in [-0.39, 0.29) is 18.6 Å². The molecule has 0 saturated carbocycles. The second-order valence-electron chi connectivity index (χ2n) is 5.77. The molecule has 1 fully saturated rings. The van der Waals surface area contributed by atoms with Crippen LogP contribution in [0.4, 0.5) is 0 Å². The Morgan fingerprint density at radius 1 is 1.27 bits per heavy atom. The summed E-state index contributed by atoms with van der Waals surface area (Å²) in [4.78, 5) is 11.8. The lowest BCUT2D eigenvalue weighted by molar-refractivity contribution is -0.123. The van der Waals surface area contributed by atoms with Crippen LogP contribution >= 0.6 is 0 Å². The quantitative estimate of drug-likeness (QED) is 0.892. The fraction of sp³-hybridized carbons (Fsp3) is 0.389. The van der Waals surface area contributed by atoms with E-state index in [1.165, 1.54) is 0 Å². The van der Waals surface area contributed by atoms with Crippen molar-refractivity contribution < 1.29 is 14.6 Å². The lowest BCUT2D eigenvalue weighted by atomic mass is 10.0. The van der Waals surface area contributed by atoms with Gasteiger partial charge in [0.15, 0.2) is 0 Å². The number of fused-ring (bicyclic) bond motifs is 1. The van der Waals surface area contributed by atoms with Crippen LogP contribution in [0.25, 0.3) is 10.8 Å². The maximum Gasteiger partial charge on any atom is 0.222 e. The number of amides is 1. The predicted molar refractivity (Wildman–Crippen MR) is 85.5 cm³/mol. The number of hydrogen-bond acceptors (Lipinski definition) is 3. The first-order valence-corrected chi connectivity index (χ1v) is 7.77. The largest absolute Gasteiger partial charge is 0.387 e. The first-order chi connectivity index (χ1) is 10.7. The van der Waals surface area contributed by atoms with E-state index in [4.69, 9.17) is 4.74 Å². The molecule has 0 unspecified atom stereocenters. The van der Waals surface area contributed by atoms with Crippen molar-refractivity contribution in [1.29, 1.82) is 0 Å². The molecule has 2 N–H and O–H groups in total. The van der Waals surface area contributed by atoms with Crippen molar-refractivity contribution in [2.75, 3.05) is 13.2 Å². The SMILES string of the molecule is O=C(C[C@@H]1CCCO1)NC[C@@H](O)c1ccc2ccccc2c1. The number of benzene rings is 2. The Morgan fingerprint density at radius 2 is 2.09 bits per heavy atom. The number of hydrogen-bond donors (Lipinski definition) is 2. The second-order valence-corrected chi connectivity index (χ2v) is 5.77. The Morgan fingerprint density at radius 3 is 2.86 bits per heavy atom. The smallest absolute Gasteiger partial charge is 0.222 e. The van der Waals surface area contributed by atoms with Crippen LogP contribution in [0, 0.1) is 0 Å². The van der Waals surface area contributed by atoms with E-state index >= 15 is 0 Å². The van der Waals surface area contributed by atoms with Gasteiger partial charge >= 0.3 is 0 Å². The average Bonchev–Trinajstić information content (AvgIpc) is 3.05. The van der Waals surface area contributed by atoms with Gasteiger partial charge < -0.3 is 15.2 Å². The van der Waals surface area contributed by atoms with Gasteiger partial charge in [0.2, 0.25) is 5.91 Å². The molecule has 2 atom stereocenters. The molecule has 4 nitrogen and oxygen atoms in total. The van der Waals surface area contributed by atoms with Crippen LogP contribution in [0.15, 0.2) is 42.5 Å². The monoisotopic (exact) mass is 299 g/mol. The van der Waals surface area contributed by atoms with Gasteiger partial charge in [0.25, 0.3) is 0 Å². The van der Waals surface area contributed by atoms with Crippen molar-refractivity contribution in [3.63, 3.8) is 0 Å². The highest BCUT2D eigenvalue weighted by Crippen LogP contribution is 2.20. The number of rotatable bonds is 5. The van der Waals surface area contributed by atoms with E-state index < -0.39 is 6.10 Å². The summed E-state index contributed by atoms with van der Waals surface area (Å²) in [7, 11) is 0. The molecule has 3 rings (SSSR count). The summed E-state index contributed by atoms with van der Waals surface area (Å²) in [5.74, 6) is -0.0632. The molecule has 22 heavy (non-hydrogen) atoms. The number of nitrogens with one attached hydrogen (secondary N) is 1. The van der Waals surface area contributed by atoms with Crippen molar-refractivity contribution >= 4 is 16.7 Å². The third-order valence-electron chi connectivity index (χ3n) is 4.09. The molecule has 1 aliphatic heterocycles. The highest BCUT2D eigenvalue weighted by Gasteiger charge is 2.19. The molecule has 0 radical (unpaired) electrons. The zero-order valence-electron chi connectivity index (χ0n) is 12.5. The highest BCUT2D eigenvalue weighted by molar-refractivity contribution is 5.83. The van der Waals surface area contributed by atoms with Crippen molar-refractivity contribution in [2.24, 2.45) is 0 Å². The Kier molecular flexibility index (Phi) is 4.71. The number of carbonyl (C=O) groups excluding carboxylic acids is 1. The van der Waals surface area contributed by atoms with Crippen LogP contribution in [0.2, 0.25) is 0 Å². The molecular weight excluding hydrogens is 278 g/mol. The van der Waals surface area contributed by atoms with Crippen LogP contribution in [-0.4, -0.2) is 30.3 Å². The van der Waals surface area contributed by atoms with E-state index in [1.807, 2.05) is 42.5 Å². The summed E-state index contributed by atoms with van der Waals surface area (Å²) in [6.45, 7) is 0.974. The topological polar surface area (TPSA) is 58.6 Å². The fourth-order valence-corrected chi connectivity index (χ4v) is 2.83. The molecule has 1 heterocycles. The first-order valence-electron chi connectivity index (χ1n) is 7.77. The molecule has 1 aliphatic rings. The molecule has 4 heteroatoms. The van der Waals surface area contributed by atoms with E-state index in [0.29, 0.717) is 6.42 Å². The minimum absolute atomic E-state index is 0.0396. The highest BCUT2D eigenvalue weighted by atomic mass is 16.5. The number of ether oxygens (including phenoxy) is 1. The van der Waals surface area contributed by atoms with Gasteiger partial charge in [-0.05, 0) is 35.2 Å². The number of aliphatic hydroxyl groups excluding tert-OH is 1. The molecular formula is C18H21NO3. The molecule has 2 aromatic rings. The molecule has 2 aromatic carbocycles. The number of carbonyl (C=O) groups is 1. The van der Waals surface area contributed by atoms with E-state index in [1.54, 1.807) is 0 Å². The zero-order chi connectivity index (χ0) is 15.4. The Labute approximate surface area is 130 Å². The van der Waals surface area contributed by atoms with Gasteiger partial charge in [0.05, 0.1) is 18.6 Å². The van der Waals surface area contributed by atoms with Gasteiger partial charge in [0.1, 0.15) is 0 Å². The minimum Gasteiger partial charge on any atom is -0.387 e. The molecule has 0 aromatic heterocycles. The van der Waals surface area contributed by atoms with E-state index in [0.717, 1.165) is 35.8 Å². The second kappa shape index (κ2) is 6.90. The molecule has 0 bridgehead atoms. The maximum atomic E-state index is 11.8. The molecule has 1 saturated heterocycles. The minimum atomic E-state index is -0.696. The van der Waals surface area contributed by atoms with E-state index in [9.17, 15) is 9.90 Å². The molecule has 0 spiro atoms. The van der Waals surface area contributed by atoms with Crippen LogP contribution in [0.3, 0.4) is 0 Å². The summed E-state index contributed by atoms with van der Waals surface area (Å²) in [6, 6.07) is 13.9. The molecule has 0 aliphatic carbocycles. The van der Waals surface area contributed by atoms with Gasteiger partial charge in [-0.2, -0.15) is 0 Å². The van der Waals surface area contributed by atoms with Gasteiger partial charge in [-0.1, -0.05) is 36.4 Å². The van der Waals surface area contributed by atoms with Crippen molar-refractivity contribution in [3.05, 3.63) is 48.0 Å². The van der Waals surface area contributed by atoms with Crippen LogP contribution in [-0.2, 0) is 9.53 Å². The fourth-order valence-electron chi connectivity index (χ4n) is 2.83. The van der Waals surface area contributed by atoms with Crippen molar-refractivity contribution in [1.82, 2.24) is 5.32 Å². The van der Waals surface area contributed by atoms with Crippen LogP contribution in [0.1, 0.15) is 30.9 Å². The Bertz CT molecular complexity index is 650. The van der Waals surface area contributed by atoms with Gasteiger partial charge in [-0.3, -0.25) is 4.79 Å². The van der Waals surface area contributed by atoms with Crippen LogP contribution in [0.5, 0.6) is 0 Å². The van der Waals surface area contributed by atoms with Crippen LogP contribution < -0.4 is 5.32 Å². The average molecular weight is 299 g/mol. The summed E-state index contributed by atoms with van der Waals surface area (Å²) < 4.78 is 5.44. The number of aliphatic hydroxyl groups is 1.